The fourth-order valence-electron chi connectivity index (χ4n) is 2.36. The van der Waals surface area contributed by atoms with Crippen LogP contribution in [0.1, 0.15) is 19.4 Å². The van der Waals surface area contributed by atoms with Gasteiger partial charge in [-0.3, -0.25) is 14.5 Å². The third-order valence-electron chi connectivity index (χ3n) is 3.68. The minimum Gasteiger partial charge on any atom is -0.423 e. The summed E-state index contributed by atoms with van der Waals surface area (Å²) in [5, 5.41) is 0. The normalized spacial score (nSPS) is 10.1. The van der Waals surface area contributed by atoms with Crippen LogP contribution in [-0.4, -0.2) is 17.8 Å². The molecule has 0 aliphatic rings. The number of esters is 1. The van der Waals surface area contributed by atoms with Crippen molar-refractivity contribution in [1.29, 1.82) is 0 Å². The third kappa shape index (κ3) is 4.16. The summed E-state index contributed by atoms with van der Waals surface area (Å²) in [6, 6.07) is 13.5. The number of benzene rings is 2. The van der Waals surface area contributed by atoms with Crippen LogP contribution in [0.4, 0.5) is 11.4 Å². The van der Waals surface area contributed by atoms with Crippen molar-refractivity contribution in [1.82, 2.24) is 0 Å². The molecule has 0 atom stereocenters. The number of carbonyl (C=O) groups is 3. The molecule has 26 heavy (non-hydrogen) atoms. The van der Waals surface area contributed by atoms with Crippen molar-refractivity contribution in [3.05, 3.63) is 66.2 Å². The number of ether oxygens (including phenoxy) is 1. The van der Waals surface area contributed by atoms with Gasteiger partial charge in [-0.05, 0) is 49.2 Å². The number of carbonyl (C=O) groups excluding carboxylic acids is 3. The zero-order valence-corrected chi connectivity index (χ0v) is 14.7. The molecule has 2 N–H and O–H groups in total. The van der Waals surface area contributed by atoms with Gasteiger partial charge in [-0.15, -0.1) is 0 Å². The average Bonchev–Trinajstić information content (AvgIpc) is 2.63. The number of para-hydroxylation sites is 1. The first kappa shape index (κ1) is 18.9. The Bertz CT molecular complexity index is 856. The first-order valence-electron chi connectivity index (χ1n) is 8.04. The highest BCUT2D eigenvalue weighted by Crippen LogP contribution is 2.30. The predicted octanol–water partition coefficient (Wildman–Crippen LogP) is 2.88. The molecule has 0 saturated heterocycles. The minimum absolute atomic E-state index is 0.275. The Hall–Kier alpha value is -3.41. The van der Waals surface area contributed by atoms with Crippen LogP contribution in [-0.2, 0) is 20.8 Å². The molecule has 0 fully saturated rings. The van der Waals surface area contributed by atoms with Crippen LogP contribution in [0.3, 0.4) is 0 Å². The molecule has 0 heterocycles. The van der Waals surface area contributed by atoms with Gasteiger partial charge in [0.05, 0.1) is 5.69 Å². The van der Waals surface area contributed by atoms with Gasteiger partial charge in [-0.1, -0.05) is 31.7 Å². The molecule has 0 aliphatic carbocycles. The van der Waals surface area contributed by atoms with Crippen LogP contribution in [0.2, 0.25) is 0 Å². The molecule has 134 valence electrons. The van der Waals surface area contributed by atoms with Crippen LogP contribution in [0, 0.1) is 0 Å². The van der Waals surface area contributed by atoms with Crippen LogP contribution < -0.4 is 15.4 Å². The highest BCUT2D eigenvalue weighted by molar-refractivity contribution is 6.41. The molecule has 0 unspecified atom stereocenters. The second kappa shape index (κ2) is 8.11. The van der Waals surface area contributed by atoms with Crippen LogP contribution in [0.5, 0.6) is 5.75 Å². The summed E-state index contributed by atoms with van der Waals surface area (Å²) in [4.78, 5) is 36.8. The summed E-state index contributed by atoms with van der Waals surface area (Å²) in [6.07, 6.45) is 0.674. The lowest BCUT2D eigenvalue weighted by atomic mass is 10.1. The van der Waals surface area contributed by atoms with Gasteiger partial charge < -0.3 is 10.5 Å². The second-order valence-electron chi connectivity index (χ2n) is 5.65. The van der Waals surface area contributed by atoms with Gasteiger partial charge in [0.15, 0.2) is 0 Å². The number of nitrogens with two attached hydrogens (primary N) is 1. The Morgan fingerprint density at radius 2 is 1.69 bits per heavy atom. The summed E-state index contributed by atoms with van der Waals surface area (Å²) in [6.45, 7) is 7.02. The molecular formula is C20H20N2O4. The monoisotopic (exact) mass is 352 g/mol. The summed E-state index contributed by atoms with van der Waals surface area (Å²) in [5.41, 5.74) is 7.40. The zero-order chi connectivity index (χ0) is 19.3. The molecule has 2 amide bonds. The molecule has 0 spiro atoms. The van der Waals surface area contributed by atoms with Crippen molar-refractivity contribution in [2.45, 2.75) is 20.3 Å². The highest BCUT2D eigenvalue weighted by Gasteiger charge is 2.24. The molecule has 0 saturated carbocycles. The number of primary amides is 1. The van der Waals surface area contributed by atoms with Gasteiger partial charge in [-0.25, -0.2) is 4.79 Å². The van der Waals surface area contributed by atoms with Crippen LogP contribution >= 0.6 is 0 Å². The maximum atomic E-state index is 12.4. The molecule has 6 nitrogen and oxygen atoms in total. The number of anilines is 2. The summed E-state index contributed by atoms with van der Waals surface area (Å²) >= 11 is 0. The molecule has 2 rings (SSSR count). The van der Waals surface area contributed by atoms with E-state index in [4.69, 9.17) is 10.5 Å². The predicted molar refractivity (Wildman–Crippen MR) is 99.1 cm³/mol. The van der Waals surface area contributed by atoms with E-state index >= 15 is 0 Å². The van der Waals surface area contributed by atoms with Gasteiger partial charge in [0.1, 0.15) is 5.75 Å². The van der Waals surface area contributed by atoms with Crippen molar-refractivity contribution >= 4 is 29.2 Å². The number of amides is 2. The smallest absolute Gasteiger partial charge is 0.338 e. The van der Waals surface area contributed by atoms with Crippen molar-refractivity contribution in [2.24, 2.45) is 5.73 Å². The number of rotatable bonds is 5. The SMILES string of the molecule is C=C(C)C(=O)Oc1ccc(N(C(=O)C(N)=O)c2ccccc2CC)cc1. The molecule has 0 bridgehead atoms. The Morgan fingerprint density at radius 1 is 1.08 bits per heavy atom. The van der Waals surface area contributed by atoms with Gasteiger partial charge in [0.25, 0.3) is 0 Å². The number of nitrogens with zero attached hydrogens (tertiary/aromatic N) is 1. The Balaban J connectivity index is 2.43. The zero-order valence-electron chi connectivity index (χ0n) is 14.7. The molecule has 0 radical (unpaired) electrons. The largest absolute Gasteiger partial charge is 0.423 e. The topological polar surface area (TPSA) is 89.7 Å². The van der Waals surface area contributed by atoms with E-state index in [1.807, 2.05) is 19.1 Å². The second-order valence-corrected chi connectivity index (χ2v) is 5.65. The van der Waals surface area contributed by atoms with E-state index in [9.17, 15) is 14.4 Å². The van der Waals surface area contributed by atoms with Gasteiger partial charge in [0, 0.05) is 11.3 Å². The van der Waals surface area contributed by atoms with E-state index in [-0.39, 0.29) is 5.57 Å². The quantitative estimate of drug-likeness (QED) is 0.388. The Morgan fingerprint density at radius 3 is 2.23 bits per heavy atom. The third-order valence-corrected chi connectivity index (χ3v) is 3.68. The molecule has 0 aliphatic heterocycles. The van der Waals surface area contributed by atoms with Gasteiger partial charge in [0.2, 0.25) is 0 Å². The molecule has 2 aromatic carbocycles. The minimum atomic E-state index is -1.06. The van der Waals surface area contributed by atoms with Gasteiger partial charge in [-0.2, -0.15) is 0 Å². The lowest BCUT2D eigenvalue weighted by Gasteiger charge is -2.24. The summed E-state index contributed by atoms with van der Waals surface area (Å²) in [7, 11) is 0. The standard InChI is InChI=1S/C20H20N2O4/c1-4-14-7-5-6-8-17(14)22(19(24)18(21)23)15-9-11-16(12-10-15)26-20(25)13(2)3/h5-12H,2,4H2,1,3H3,(H2,21,23). The van der Waals surface area contributed by atoms with E-state index in [0.29, 0.717) is 23.5 Å². The van der Waals surface area contributed by atoms with E-state index in [1.54, 1.807) is 31.2 Å². The fourth-order valence-corrected chi connectivity index (χ4v) is 2.36. The molecule has 2 aromatic rings. The van der Waals surface area contributed by atoms with E-state index < -0.39 is 17.8 Å². The average molecular weight is 352 g/mol. The van der Waals surface area contributed by atoms with Crippen molar-refractivity contribution < 1.29 is 19.1 Å². The summed E-state index contributed by atoms with van der Waals surface area (Å²) < 4.78 is 5.14. The number of hydrogen-bond acceptors (Lipinski definition) is 4. The highest BCUT2D eigenvalue weighted by atomic mass is 16.5. The number of hydrogen-bond donors (Lipinski definition) is 1. The molecular weight excluding hydrogens is 332 g/mol. The lowest BCUT2D eigenvalue weighted by molar-refractivity contribution is -0.135. The maximum Gasteiger partial charge on any atom is 0.338 e. The van der Waals surface area contributed by atoms with Crippen molar-refractivity contribution in [3.8, 4) is 5.75 Å². The van der Waals surface area contributed by atoms with E-state index in [0.717, 1.165) is 5.56 Å². The first-order chi connectivity index (χ1) is 12.3. The maximum absolute atomic E-state index is 12.4. The van der Waals surface area contributed by atoms with Crippen LogP contribution in [0.15, 0.2) is 60.7 Å². The lowest BCUT2D eigenvalue weighted by Crippen LogP contribution is -2.37. The number of aryl methyl sites for hydroxylation is 1. The summed E-state index contributed by atoms with van der Waals surface area (Å²) in [5.74, 6) is -2.15. The van der Waals surface area contributed by atoms with Gasteiger partial charge >= 0.3 is 17.8 Å². The van der Waals surface area contributed by atoms with E-state index in [2.05, 4.69) is 6.58 Å². The van der Waals surface area contributed by atoms with Crippen molar-refractivity contribution in [2.75, 3.05) is 4.90 Å². The van der Waals surface area contributed by atoms with Crippen molar-refractivity contribution in [3.63, 3.8) is 0 Å². The van der Waals surface area contributed by atoms with Crippen LogP contribution in [0.25, 0.3) is 0 Å². The molecule has 6 heteroatoms. The fraction of sp³-hybridized carbons (Fsp3) is 0.150. The Labute approximate surface area is 151 Å². The van der Waals surface area contributed by atoms with E-state index in [1.165, 1.54) is 17.0 Å². The Kier molecular flexibility index (Phi) is 5.90. The first-order valence-corrected chi connectivity index (χ1v) is 8.04. The molecule has 0 aromatic heterocycles.